The van der Waals surface area contributed by atoms with Crippen LogP contribution < -0.4 is 10.0 Å². The van der Waals surface area contributed by atoms with Gasteiger partial charge in [-0.25, -0.2) is 17.2 Å². The monoisotopic (exact) mass is 456 g/mol. The number of carbonyl (C=O) groups excluding carboxylic acids is 1. The van der Waals surface area contributed by atoms with Crippen LogP contribution in [0.15, 0.2) is 71.6 Å². The zero-order valence-electron chi connectivity index (χ0n) is 15.4. The van der Waals surface area contributed by atoms with Crippen LogP contribution >= 0.6 is 0 Å². The normalized spacial score (nSPS) is 11.8. The molecule has 162 valence electrons. The lowest BCUT2D eigenvalue weighted by Gasteiger charge is -2.12. The van der Waals surface area contributed by atoms with Crippen LogP contribution in [0, 0.1) is 11.6 Å². The first-order chi connectivity index (χ1) is 14.5. The number of rotatable bonds is 5. The standard InChI is InChI=1S/C20H13F5N2O3S/c21-14-6-9-18(17(22)11-14)26-19(28)12-4-7-16(8-5-12)31(29,30)27-15-3-1-2-13(10-15)20(23,24)25/h1-11,27H,(H,26,28). The van der Waals surface area contributed by atoms with E-state index in [1.54, 1.807) is 0 Å². The Morgan fingerprint density at radius 1 is 0.871 bits per heavy atom. The second-order valence-corrected chi connectivity index (χ2v) is 7.97. The van der Waals surface area contributed by atoms with Crippen molar-refractivity contribution in [3.63, 3.8) is 0 Å². The van der Waals surface area contributed by atoms with Crippen molar-refractivity contribution in [3.05, 3.63) is 89.5 Å². The third kappa shape index (κ3) is 5.37. The number of carbonyl (C=O) groups is 1. The highest BCUT2D eigenvalue weighted by atomic mass is 32.2. The van der Waals surface area contributed by atoms with Crippen LogP contribution in [0.1, 0.15) is 15.9 Å². The topological polar surface area (TPSA) is 75.3 Å². The maximum absolute atomic E-state index is 13.6. The first kappa shape index (κ1) is 22.2. The van der Waals surface area contributed by atoms with Crippen LogP contribution in [0.2, 0.25) is 0 Å². The van der Waals surface area contributed by atoms with E-state index in [1.807, 2.05) is 4.72 Å². The van der Waals surface area contributed by atoms with Crippen LogP contribution in [-0.4, -0.2) is 14.3 Å². The van der Waals surface area contributed by atoms with Crippen molar-refractivity contribution in [2.24, 2.45) is 0 Å². The SMILES string of the molecule is O=C(Nc1ccc(F)cc1F)c1ccc(S(=O)(=O)Nc2cccc(C(F)(F)F)c2)cc1. The summed E-state index contributed by atoms with van der Waals surface area (Å²) in [5.74, 6) is -2.59. The summed E-state index contributed by atoms with van der Waals surface area (Å²) < 4.78 is 91.8. The summed E-state index contributed by atoms with van der Waals surface area (Å²) in [4.78, 5) is 11.9. The fourth-order valence-corrected chi connectivity index (χ4v) is 3.59. The van der Waals surface area contributed by atoms with Crippen LogP contribution in [-0.2, 0) is 16.2 Å². The van der Waals surface area contributed by atoms with E-state index in [0.29, 0.717) is 12.1 Å². The fraction of sp³-hybridized carbons (Fsp3) is 0.0500. The van der Waals surface area contributed by atoms with Gasteiger partial charge >= 0.3 is 6.18 Å². The van der Waals surface area contributed by atoms with E-state index >= 15 is 0 Å². The van der Waals surface area contributed by atoms with Crippen LogP contribution in [0.4, 0.5) is 33.3 Å². The molecule has 0 aliphatic rings. The number of benzene rings is 3. The number of hydrogen-bond acceptors (Lipinski definition) is 3. The van der Waals surface area contributed by atoms with E-state index < -0.39 is 39.3 Å². The molecule has 1 amide bonds. The zero-order chi connectivity index (χ0) is 22.8. The summed E-state index contributed by atoms with van der Waals surface area (Å²) in [6.45, 7) is 0. The summed E-state index contributed by atoms with van der Waals surface area (Å²) >= 11 is 0. The molecule has 0 unspecified atom stereocenters. The Labute approximate surface area is 173 Å². The Hall–Kier alpha value is -3.47. The van der Waals surface area contributed by atoms with E-state index in [9.17, 15) is 35.2 Å². The highest BCUT2D eigenvalue weighted by Gasteiger charge is 2.30. The van der Waals surface area contributed by atoms with Crippen molar-refractivity contribution in [2.45, 2.75) is 11.1 Å². The number of anilines is 2. The quantitative estimate of drug-likeness (QED) is 0.529. The third-order valence-electron chi connectivity index (χ3n) is 4.05. The Kier molecular flexibility index (Phi) is 5.98. The van der Waals surface area contributed by atoms with Gasteiger partial charge in [-0.3, -0.25) is 9.52 Å². The zero-order valence-corrected chi connectivity index (χ0v) is 16.2. The van der Waals surface area contributed by atoms with E-state index in [0.717, 1.165) is 54.6 Å². The molecule has 0 heterocycles. The maximum atomic E-state index is 13.6. The van der Waals surface area contributed by atoms with E-state index in [4.69, 9.17) is 0 Å². The predicted molar refractivity (Wildman–Crippen MR) is 103 cm³/mol. The molecule has 0 bridgehead atoms. The molecule has 0 aliphatic carbocycles. The van der Waals surface area contributed by atoms with Gasteiger partial charge in [0, 0.05) is 17.3 Å². The molecule has 0 spiro atoms. The van der Waals surface area contributed by atoms with Crippen LogP contribution in [0.5, 0.6) is 0 Å². The fourth-order valence-electron chi connectivity index (χ4n) is 2.54. The van der Waals surface area contributed by atoms with Gasteiger partial charge in [0.1, 0.15) is 11.6 Å². The van der Waals surface area contributed by atoms with Crippen molar-refractivity contribution >= 4 is 27.3 Å². The van der Waals surface area contributed by atoms with Crippen molar-refractivity contribution in [3.8, 4) is 0 Å². The minimum Gasteiger partial charge on any atom is -0.319 e. The Morgan fingerprint density at radius 3 is 2.16 bits per heavy atom. The molecule has 0 fully saturated rings. The number of amides is 1. The summed E-state index contributed by atoms with van der Waals surface area (Å²) in [7, 11) is -4.24. The predicted octanol–water partition coefficient (Wildman–Crippen LogP) is 5.04. The van der Waals surface area contributed by atoms with Crippen molar-refractivity contribution in [1.82, 2.24) is 0 Å². The van der Waals surface area contributed by atoms with Gasteiger partial charge in [0.2, 0.25) is 0 Å². The summed E-state index contributed by atoms with van der Waals surface area (Å²) in [6.07, 6.45) is -4.64. The molecule has 0 radical (unpaired) electrons. The van der Waals surface area contributed by atoms with Crippen LogP contribution in [0.25, 0.3) is 0 Å². The molecule has 31 heavy (non-hydrogen) atoms. The van der Waals surface area contributed by atoms with E-state index in [2.05, 4.69) is 5.32 Å². The number of halogens is 5. The smallest absolute Gasteiger partial charge is 0.319 e. The number of alkyl halides is 3. The van der Waals surface area contributed by atoms with Gasteiger partial charge in [0.05, 0.1) is 16.1 Å². The molecular weight excluding hydrogens is 443 g/mol. The van der Waals surface area contributed by atoms with E-state index in [1.165, 1.54) is 0 Å². The van der Waals surface area contributed by atoms with Gasteiger partial charge in [0.15, 0.2) is 0 Å². The van der Waals surface area contributed by atoms with Crippen LogP contribution in [0.3, 0.4) is 0 Å². The van der Waals surface area contributed by atoms with Gasteiger partial charge < -0.3 is 5.32 Å². The Balaban J connectivity index is 1.76. The van der Waals surface area contributed by atoms with E-state index in [-0.39, 0.29) is 21.8 Å². The Bertz CT molecular complexity index is 1230. The number of nitrogens with one attached hydrogen (secondary N) is 2. The minimum absolute atomic E-state index is 0.0262. The number of hydrogen-bond donors (Lipinski definition) is 2. The molecule has 0 atom stereocenters. The average Bonchev–Trinajstić information content (AvgIpc) is 2.69. The minimum atomic E-state index is -4.64. The summed E-state index contributed by atoms with van der Waals surface area (Å²) in [5.41, 5.74) is -1.60. The van der Waals surface area contributed by atoms with Gasteiger partial charge in [-0.15, -0.1) is 0 Å². The lowest BCUT2D eigenvalue weighted by molar-refractivity contribution is -0.137. The summed E-state index contributed by atoms with van der Waals surface area (Å²) in [5, 5.41) is 2.22. The first-order valence-electron chi connectivity index (χ1n) is 8.52. The molecule has 0 saturated carbocycles. The molecule has 2 N–H and O–H groups in total. The second-order valence-electron chi connectivity index (χ2n) is 6.29. The first-order valence-corrected chi connectivity index (χ1v) is 10.0. The highest BCUT2D eigenvalue weighted by Crippen LogP contribution is 2.31. The molecule has 3 rings (SSSR count). The molecule has 3 aromatic carbocycles. The van der Waals surface area contributed by atoms with Crippen molar-refractivity contribution < 1.29 is 35.2 Å². The lowest BCUT2D eigenvalue weighted by Crippen LogP contribution is -2.15. The van der Waals surface area contributed by atoms with Gasteiger partial charge in [-0.05, 0) is 54.6 Å². The average molecular weight is 456 g/mol. The molecule has 0 aromatic heterocycles. The highest BCUT2D eigenvalue weighted by molar-refractivity contribution is 7.92. The summed E-state index contributed by atoms with van der Waals surface area (Å²) in [6, 6.07) is 10.6. The third-order valence-corrected chi connectivity index (χ3v) is 5.45. The van der Waals surface area contributed by atoms with Gasteiger partial charge in [-0.2, -0.15) is 13.2 Å². The molecule has 11 heteroatoms. The lowest BCUT2D eigenvalue weighted by atomic mass is 10.2. The van der Waals surface area contributed by atoms with Crippen molar-refractivity contribution in [2.75, 3.05) is 10.0 Å². The second kappa shape index (κ2) is 8.34. The molecule has 0 saturated heterocycles. The van der Waals surface area contributed by atoms with Gasteiger partial charge in [-0.1, -0.05) is 6.07 Å². The number of sulfonamides is 1. The Morgan fingerprint density at radius 2 is 1.55 bits per heavy atom. The molecular formula is C20H13F5N2O3S. The maximum Gasteiger partial charge on any atom is 0.416 e. The largest absolute Gasteiger partial charge is 0.416 e. The molecule has 5 nitrogen and oxygen atoms in total. The van der Waals surface area contributed by atoms with Crippen molar-refractivity contribution in [1.29, 1.82) is 0 Å². The molecule has 0 aliphatic heterocycles. The molecule has 3 aromatic rings. The van der Waals surface area contributed by atoms with Gasteiger partial charge in [0.25, 0.3) is 15.9 Å².